The molecule has 25 heavy (non-hydrogen) atoms. The maximum Gasteiger partial charge on any atom is 0.0552 e. The number of hydrogen-bond acceptors (Lipinski definition) is 2. The Morgan fingerprint density at radius 2 is 1.44 bits per heavy atom. The molecule has 2 aliphatic rings. The summed E-state index contributed by atoms with van der Waals surface area (Å²) >= 11 is 0. The fourth-order valence-electron chi connectivity index (χ4n) is 5.06. The van der Waals surface area contributed by atoms with E-state index >= 15 is 0 Å². The van der Waals surface area contributed by atoms with E-state index in [1.54, 1.807) is 5.71 Å². The summed E-state index contributed by atoms with van der Waals surface area (Å²) < 4.78 is 0. The summed E-state index contributed by atoms with van der Waals surface area (Å²) in [5.74, 6) is 0.730. The minimum absolute atomic E-state index is 0.688. The molecule has 1 heterocycles. The third kappa shape index (κ3) is 6.29. The Morgan fingerprint density at radius 3 is 2.04 bits per heavy atom. The van der Waals surface area contributed by atoms with E-state index in [1.807, 2.05) is 0 Å². The Hall–Kier alpha value is -0.530. The highest BCUT2D eigenvalue weighted by atomic mass is 15.5. The van der Waals surface area contributed by atoms with Crippen molar-refractivity contribution >= 4 is 5.71 Å². The lowest BCUT2D eigenvalue weighted by molar-refractivity contribution is 0.120. The van der Waals surface area contributed by atoms with Gasteiger partial charge in [-0.05, 0) is 38.5 Å². The molecule has 2 unspecified atom stereocenters. The van der Waals surface area contributed by atoms with Crippen molar-refractivity contribution in [3.05, 3.63) is 0 Å². The van der Waals surface area contributed by atoms with Crippen molar-refractivity contribution in [1.29, 1.82) is 0 Å². The van der Waals surface area contributed by atoms with Crippen molar-refractivity contribution in [3.63, 3.8) is 0 Å². The molecule has 2 nitrogen and oxygen atoms in total. The van der Waals surface area contributed by atoms with Crippen LogP contribution in [-0.4, -0.2) is 22.8 Å². The zero-order chi connectivity index (χ0) is 17.9. The molecular formula is C23H44N2. The average molecular weight is 349 g/mol. The predicted molar refractivity (Wildman–Crippen MR) is 111 cm³/mol. The van der Waals surface area contributed by atoms with Crippen LogP contribution in [0.15, 0.2) is 5.10 Å². The summed E-state index contributed by atoms with van der Waals surface area (Å²) in [7, 11) is 0. The fourth-order valence-corrected chi connectivity index (χ4v) is 5.06. The van der Waals surface area contributed by atoms with Gasteiger partial charge in [0.25, 0.3) is 0 Å². The van der Waals surface area contributed by atoms with Crippen LogP contribution < -0.4 is 0 Å². The molecule has 2 rings (SSSR count). The van der Waals surface area contributed by atoms with Crippen LogP contribution in [0.1, 0.15) is 124 Å². The zero-order valence-electron chi connectivity index (χ0n) is 17.4. The van der Waals surface area contributed by atoms with Crippen LogP contribution in [0.25, 0.3) is 0 Å². The molecule has 0 aromatic carbocycles. The first kappa shape index (κ1) is 20.8. The molecule has 0 spiro atoms. The summed E-state index contributed by atoms with van der Waals surface area (Å²) in [4.78, 5) is 0. The third-order valence-electron chi connectivity index (χ3n) is 6.57. The molecular weight excluding hydrogens is 304 g/mol. The van der Waals surface area contributed by atoms with E-state index in [4.69, 9.17) is 5.10 Å². The normalized spacial score (nSPS) is 25.2. The number of nitrogens with zero attached hydrogens (tertiary/aromatic N) is 2. The van der Waals surface area contributed by atoms with Gasteiger partial charge >= 0.3 is 0 Å². The zero-order valence-corrected chi connectivity index (χ0v) is 17.4. The Kier molecular flexibility index (Phi) is 9.94. The van der Waals surface area contributed by atoms with Gasteiger partial charge in [-0.15, -0.1) is 0 Å². The van der Waals surface area contributed by atoms with Crippen LogP contribution in [0.2, 0.25) is 0 Å². The van der Waals surface area contributed by atoms with Gasteiger partial charge in [-0.1, -0.05) is 85.0 Å². The van der Waals surface area contributed by atoms with Gasteiger partial charge in [0, 0.05) is 17.7 Å². The second-order valence-corrected chi connectivity index (χ2v) is 8.48. The first-order valence-corrected chi connectivity index (χ1v) is 11.7. The molecule has 2 heteroatoms. The van der Waals surface area contributed by atoms with E-state index < -0.39 is 0 Å². The molecule has 0 aromatic heterocycles. The standard InChI is InChI=1S/C23H44N2/c1-4-7-8-9-10-11-16-19-22-21(5-2)23(6-3)25(24-22)20-17-14-12-13-15-18-20/h20-21,23H,4-19H2,1-3H3. The van der Waals surface area contributed by atoms with Crippen molar-refractivity contribution in [2.75, 3.05) is 0 Å². The van der Waals surface area contributed by atoms with Crippen molar-refractivity contribution in [1.82, 2.24) is 5.01 Å². The van der Waals surface area contributed by atoms with E-state index in [1.165, 1.54) is 103 Å². The van der Waals surface area contributed by atoms with Gasteiger partial charge in [-0.25, -0.2) is 0 Å². The first-order valence-electron chi connectivity index (χ1n) is 11.7. The van der Waals surface area contributed by atoms with Crippen molar-refractivity contribution < 1.29 is 0 Å². The van der Waals surface area contributed by atoms with Crippen LogP contribution in [0.5, 0.6) is 0 Å². The summed E-state index contributed by atoms with van der Waals surface area (Å²) in [6, 6.07) is 1.42. The molecule has 0 N–H and O–H groups in total. The third-order valence-corrected chi connectivity index (χ3v) is 6.57. The van der Waals surface area contributed by atoms with Crippen molar-refractivity contribution in [2.24, 2.45) is 11.0 Å². The second-order valence-electron chi connectivity index (χ2n) is 8.48. The van der Waals surface area contributed by atoms with Gasteiger partial charge in [0.15, 0.2) is 0 Å². The van der Waals surface area contributed by atoms with Crippen molar-refractivity contribution in [3.8, 4) is 0 Å². The highest BCUT2D eigenvalue weighted by Crippen LogP contribution is 2.35. The molecule has 0 bridgehead atoms. The number of hydrogen-bond donors (Lipinski definition) is 0. The smallest absolute Gasteiger partial charge is 0.0552 e. The van der Waals surface area contributed by atoms with Gasteiger partial charge in [-0.3, -0.25) is 5.01 Å². The van der Waals surface area contributed by atoms with E-state index in [9.17, 15) is 0 Å². The Bertz CT molecular complexity index is 368. The molecule has 1 saturated carbocycles. The van der Waals surface area contributed by atoms with E-state index in [2.05, 4.69) is 25.8 Å². The van der Waals surface area contributed by atoms with Gasteiger partial charge in [0.1, 0.15) is 0 Å². The van der Waals surface area contributed by atoms with Gasteiger partial charge in [0.2, 0.25) is 0 Å². The molecule has 2 atom stereocenters. The highest BCUT2D eigenvalue weighted by molar-refractivity contribution is 5.88. The maximum absolute atomic E-state index is 5.26. The fraction of sp³-hybridized carbons (Fsp3) is 0.957. The number of hydrazone groups is 1. The summed E-state index contributed by atoms with van der Waals surface area (Å²) in [5.41, 5.74) is 1.55. The Morgan fingerprint density at radius 1 is 0.800 bits per heavy atom. The lowest BCUT2D eigenvalue weighted by Gasteiger charge is -2.33. The predicted octanol–water partition coefficient (Wildman–Crippen LogP) is 7.33. The first-order chi connectivity index (χ1) is 12.3. The summed E-state index contributed by atoms with van der Waals surface area (Å²) in [5, 5.41) is 7.85. The van der Waals surface area contributed by atoms with E-state index in [0.717, 1.165) is 12.0 Å². The topological polar surface area (TPSA) is 15.6 Å². The van der Waals surface area contributed by atoms with Crippen LogP contribution in [0.3, 0.4) is 0 Å². The van der Waals surface area contributed by atoms with Gasteiger partial charge < -0.3 is 0 Å². The minimum atomic E-state index is 0.688. The molecule has 0 amide bonds. The average Bonchev–Trinajstić information content (AvgIpc) is 2.79. The summed E-state index contributed by atoms with van der Waals surface area (Å²) in [6.07, 6.45) is 22.1. The maximum atomic E-state index is 5.26. The molecule has 1 aliphatic carbocycles. The molecule has 1 aliphatic heterocycles. The SMILES string of the molecule is CCCCCCCCCC1=NN(C2CCCCCC2)C(CC)C1CC. The molecule has 0 aromatic rings. The minimum Gasteiger partial charge on any atom is -0.290 e. The summed E-state index contributed by atoms with van der Waals surface area (Å²) in [6.45, 7) is 7.06. The number of rotatable bonds is 11. The molecule has 0 radical (unpaired) electrons. The van der Waals surface area contributed by atoms with Crippen molar-refractivity contribution in [2.45, 2.75) is 136 Å². The van der Waals surface area contributed by atoms with Crippen LogP contribution in [0.4, 0.5) is 0 Å². The monoisotopic (exact) mass is 348 g/mol. The lowest BCUT2D eigenvalue weighted by atomic mass is 9.88. The van der Waals surface area contributed by atoms with E-state index in [-0.39, 0.29) is 0 Å². The molecule has 0 saturated heterocycles. The molecule has 1 fully saturated rings. The quantitative estimate of drug-likeness (QED) is 0.282. The van der Waals surface area contributed by atoms with Gasteiger partial charge in [-0.2, -0.15) is 5.10 Å². The Labute approximate surface area is 157 Å². The number of unbranched alkanes of at least 4 members (excludes halogenated alkanes) is 6. The highest BCUT2D eigenvalue weighted by Gasteiger charge is 2.37. The Balaban J connectivity index is 1.85. The van der Waals surface area contributed by atoms with Crippen LogP contribution >= 0.6 is 0 Å². The largest absolute Gasteiger partial charge is 0.290 e. The lowest BCUT2D eigenvalue weighted by Crippen LogP contribution is -2.39. The van der Waals surface area contributed by atoms with Gasteiger partial charge in [0.05, 0.1) is 6.04 Å². The van der Waals surface area contributed by atoms with Crippen LogP contribution in [0, 0.1) is 5.92 Å². The van der Waals surface area contributed by atoms with E-state index in [0.29, 0.717) is 6.04 Å². The second kappa shape index (κ2) is 12.0. The van der Waals surface area contributed by atoms with Crippen LogP contribution in [-0.2, 0) is 0 Å². The molecule has 146 valence electrons.